The minimum Gasteiger partial charge on any atom is -0.547 e. The number of aliphatic hydroxyl groups is 1. The Balaban J connectivity index is 2.52. The van der Waals surface area contributed by atoms with Crippen LogP contribution >= 0.6 is 0 Å². The normalized spacial score (nSPS) is 30.1. The van der Waals surface area contributed by atoms with E-state index < -0.39 is 24.0 Å². The van der Waals surface area contributed by atoms with Crippen molar-refractivity contribution in [2.45, 2.75) is 31.8 Å². The lowest BCUT2D eigenvalue weighted by Gasteiger charge is -2.20. The van der Waals surface area contributed by atoms with Crippen molar-refractivity contribution in [1.29, 1.82) is 0 Å². The van der Waals surface area contributed by atoms with Crippen LogP contribution in [0.5, 0.6) is 0 Å². The van der Waals surface area contributed by atoms with Crippen LogP contribution in [0.3, 0.4) is 0 Å². The minimum absolute atomic E-state index is 0.0716. The Morgan fingerprint density at radius 1 is 1.75 bits per heavy atom. The summed E-state index contributed by atoms with van der Waals surface area (Å²) in [6.45, 7) is 3.37. The Kier molecular flexibility index (Phi) is 2.36. The molecule has 0 aromatic heterocycles. The van der Waals surface area contributed by atoms with E-state index in [4.69, 9.17) is 14.6 Å². The van der Waals surface area contributed by atoms with Crippen LogP contribution in [0.1, 0.15) is 13.8 Å². The summed E-state index contributed by atoms with van der Waals surface area (Å²) in [5.41, 5.74) is 0. The lowest BCUT2D eigenvalue weighted by Crippen LogP contribution is -2.44. The predicted molar refractivity (Wildman–Crippen MR) is 35.9 cm³/mol. The lowest BCUT2D eigenvalue weighted by molar-refractivity contribution is -0.319. The predicted octanol–water partition coefficient (Wildman–Crippen LogP) is -1.75. The van der Waals surface area contributed by atoms with E-state index in [1.54, 1.807) is 13.8 Å². The van der Waals surface area contributed by atoms with E-state index >= 15 is 0 Å². The molecule has 12 heavy (non-hydrogen) atoms. The van der Waals surface area contributed by atoms with E-state index in [9.17, 15) is 9.90 Å². The number of carboxylic acid groups (broad SMARTS) is 1. The number of ether oxygens (including phenoxy) is 2. The molecule has 0 aromatic carbocycles. The highest BCUT2D eigenvalue weighted by atomic mass is 16.7. The van der Waals surface area contributed by atoms with Crippen molar-refractivity contribution in [2.75, 3.05) is 6.61 Å². The monoisotopic (exact) mass is 175 g/mol. The molecule has 0 saturated carbocycles. The van der Waals surface area contributed by atoms with E-state index in [0.29, 0.717) is 0 Å². The zero-order valence-electron chi connectivity index (χ0n) is 6.94. The SMILES string of the molecule is CC1(C)OCC(C(O)C(=O)[O-])O1. The molecule has 1 rings (SSSR count). The van der Waals surface area contributed by atoms with Crippen molar-refractivity contribution in [1.82, 2.24) is 0 Å². The third-order valence-corrected chi connectivity index (χ3v) is 1.62. The van der Waals surface area contributed by atoms with Crippen LogP contribution in [0, 0.1) is 0 Å². The van der Waals surface area contributed by atoms with Gasteiger partial charge in [0.2, 0.25) is 0 Å². The van der Waals surface area contributed by atoms with Crippen LogP contribution in [0.4, 0.5) is 0 Å². The van der Waals surface area contributed by atoms with Gasteiger partial charge in [0.05, 0.1) is 12.6 Å². The first-order valence-corrected chi connectivity index (χ1v) is 3.63. The van der Waals surface area contributed by atoms with E-state index in [2.05, 4.69) is 0 Å². The van der Waals surface area contributed by atoms with Crippen LogP contribution in [0.25, 0.3) is 0 Å². The summed E-state index contributed by atoms with van der Waals surface area (Å²) in [5.74, 6) is -2.36. The number of carboxylic acids is 1. The fourth-order valence-electron chi connectivity index (χ4n) is 1.02. The van der Waals surface area contributed by atoms with E-state index in [1.165, 1.54) is 0 Å². The summed E-state index contributed by atoms with van der Waals surface area (Å²) in [7, 11) is 0. The molecule has 1 fully saturated rings. The third-order valence-electron chi connectivity index (χ3n) is 1.62. The van der Waals surface area contributed by atoms with Gasteiger partial charge in [-0.1, -0.05) is 0 Å². The van der Waals surface area contributed by atoms with Crippen molar-refractivity contribution in [3.05, 3.63) is 0 Å². The first-order valence-electron chi connectivity index (χ1n) is 3.63. The van der Waals surface area contributed by atoms with Gasteiger partial charge in [-0.05, 0) is 13.8 Å². The van der Waals surface area contributed by atoms with Gasteiger partial charge in [-0.25, -0.2) is 0 Å². The van der Waals surface area contributed by atoms with Gasteiger partial charge in [-0.3, -0.25) is 0 Å². The molecule has 2 unspecified atom stereocenters. The van der Waals surface area contributed by atoms with Gasteiger partial charge >= 0.3 is 0 Å². The summed E-state index contributed by atoms with van der Waals surface area (Å²) in [6.07, 6.45) is -2.45. The van der Waals surface area contributed by atoms with E-state index in [1.807, 2.05) is 0 Å². The maximum atomic E-state index is 10.2. The van der Waals surface area contributed by atoms with Gasteiger partial charge in [0.1, 0.15) is 12.2 Å². The number of rotatable bonds is 2. The lowest BCUT2D eigenvalue weighted by atomic mass is 10.2. The van der Waals surface area contributed by atoms with Gasteiger partial charge in [0, 0.05) is 0 Å². The molecule has 1 aliphatic heterocycles. The molecule has 5 heteroatoms. The molecule has 0 spiro atoms. The quantitative estimate of drug-likeness (QED) is 0.538. The highest BCUT2D eigenvalue weighted by molar-refractivity contribution is 5.70. The van der Waals surface area contributed by atoms with Crippen molar-refractivity contribution in [3.8, 4) is 0 Å². The Hall–Kier alpha value is -0.650. The summed E-state index contributed by atoms with van der Waals surface area (Å²) in [4.78, 5) is 10.2. The van der Waals surface area contributed by atoms with Crippen LogP contribution in [-0.4, -0.2) is 35.7 Å². The Morgan fingerprint density at radius 2 is 2.33 bits per heavy atom. The van der Waals surface area contributed by atoms with Crippen LogP contribution in [0.2, 0.25) is 0 Å². The van der Waals surface area contributed by atoms with Gasteiger partial charge in [-0.15, -0.1) is 0 Å². The first-order chi connectivity index (χ1) is 5.42. The van der Waals surface area contributed by atoms with Gasteiger partial charge < -0.3 is 24.5 Å². The molecule has 0 aliphatic carbocycles. The van der Waals surface area contributed by atoms with Crippen molar-refractivity contribution in [2.24, 2.45) is 0 Å². The smallest absolute Gasteiger partial charge is 0.163 e. The summed E-state index contributed by atoms with van der Waals surface area (Å²) in [5, 5.41) is 19.2. The topological polar surface area (TPSA) is 78.8 Å². The molecule has 0 bridgehead atoms. The number of hydrogen-bond donors (Lipinski definition) is 1. The minimum atomic E-state index is -1.62. The number of carbonyl (C=O) groups excluding carboxylic acids is 1. The van der Waals surface area contributed by atoms with Crippen molar-refractivity contribution >= 4 is 5.97 Å². The fraction of sp³-hybridized carbons (Fsp3) is 0.857. The zero-order chi connectivity index (χ0) is 9.35. The first kappa shape index (κ1) is 9.44. The van der Waals surface area contributed by atoms with Crippen molar-refractivity contribution < 1.29 is 24.5 Å². The fourth-order valence-corrected chi connectivity index (χ4v) is 1.02. The van der Waals surface area contributed by atoms with Gasteiger partial charge in [0.15, 0.2) is 5.79 Å². The number of aliphatic carboxylic acids is 1. The zero-order valence-corrected chi connectivity index (χ0v) is 6.94. The van der Waals surface area contributed by atoms with Crippen LogP contribution in [0.15, 0.2) is 0 Å². The molecule has 5 nitrogen and oxygen atoms in total. The molecule has 0 aromatic rings. The Morgan fingerprint density at radius 3 is 2.67 bits per heavy atom. The molecule has 1 N–H and O–H groups in total. The second-order valence-electron chi connectivity index (χ2n) is 3.13. The average molecular weight is 175 g/mol. The average Bonchev–Trinajstić information content (AvgIpc) is 2.28. The maximum absolute atomic E-state index is 10.2. The molecular weight excluding hydrogens is 164 g/mol. The molecular formula is C7H11O5-. The van der Waals surface area contributed by atoms with E-state index in [-0.39, 0.29) is 6.61 Å². The second-order valence-corrected chi connectivity index (χ2v) is 3.13. The Labute approximate surface area is 69.9 Å². The van der Waals surface area contributed by atoms with Crippen LogP contribution in [-0.2, 0) is 14.3 Å². The maximum Gasteiger partial charge on any atom is 0.163 e. The molecule has 0 radical (unpaired) electrons. The standard InChI is InChI=1S/C7H12O5/c1-7(2)11-3-4(12-7)5(8)6(9)10/h4-5,8H,3H2,1-2H3,(H,9,10)/p-1. The number of hydrogen-bond acceptors (Lipinski definition) is 5. The molecule has 0 amide bonds. The molecule has 1 aliphatic rings. The summed E-state index contributed by atoms with van der Waals surface area (Å²) in [6, 6.07) is 0. The molecule has 2 atom stereocenters. The summed E-state index contributed by atoms with van der Waals surface area (Å²) >= 11 is 0. The van der Waals surface area contributed by atoms with Crippen LogP contribution < -0.4 is 5.11 Å². The van der Waals surface area contributed by atoms with Crippen molar-refractivity contribution in [3.63, 3.8) is 0 Å². The third kappa shape index (κ3) is 1.94. The highest BCUT2D eigenvalue weighted by Crippen LogP contribution is 2.23. The summed E-state index contributed by atoms with van der Waals surface area (Å²) < 4.78 is 10.1. The second kappa shape index (κ2) is 3.01. The largest absolute Gasteiger partial charge is 0.547 e. The molecule has 1 heterocycles. The highest BCUT2D eigenvalue weighted by Gasteiger charge is 2.37. The van der Waals surface area contributed by atoms with Gasteiger partial charge in [-0.2, -0.15) is 0 Å². The van der Waals surface area contributed by atoms with E-state index in [0.717, 1.165) is 0 Å². The molecule has 1 saturated heterocycles. The number of aliphatic hydroxyl groups excluding tert-OH is 1. The Bertz CT molecular complexity index is 188. The number of carbonyl (C=O) groups is 1. The van der Waals surface area contributed by atoms with Gasteiger partial charge in [0.25, 0.3) is 0 Å². The molecule has 70 valence electrons.